The van der Waals surface area contributed by atoms with Crippen molar-refractivity contribution >= 4 is 16.0 Å². The van der Waals surface area contributed by atoms with E-state index in [9.17, 15) is 4.79 Å². The van der Waals surface area contributed by atoms with Gasteiger partial charge in [-0.05, 0) is 47.9 Å². The molecule has 0 bridgehead atoms. The zero-order valence-corrected chi connectivity index (χ0v) is 8.89. The number of carboxylic acid groups (broad SMARTS) is 1. The highest BCUT2D eigenvalue weighted by Gasteiger charge is 2.08. The smallest absolute Gasteiger partial charge is 0.335 e. The Labute approximate surface area is 79.9 Å². The average Bonchev–Trinajstić information content (AvgIpc) is 2.03. The molecule has 2 nitrogen and oxygen atoms in total. The largest absolute Gasteiger partial charge is 0.478 e. The number of rotatable bonds is 2. The summed E-state index contributed by atoms with van der Waals surface area (Å²) in [4.78, 5) is 11.8. The molecule has 1 N–H and O–H groups in total. The van der Waals surface area contributed by atoms with Gasteiger partial charge >= 0.3 is 5.97 Å². The number of aromatic carboxylic acids is 1. The molecule has 0 amide bonds. The molecule has 0 saturated heterocycles. The van der Waals surface area contributed by atoms with Crippen molar-refractivity contribution in [2.75, 3.05) is 18.8 Å². The first-order valence-corrected chi connectivity index (χ1v) is 6.79. The third kappa shape index (κ3) is 2.49. The first-order valence-electron chi connectivity index (χ1n) is 3.93. The van der Waals surface area contributed by atoms with Crippen LogP contribution < -0.4 is 0 Å². The fourth-order valence-electron chi connectivity index (χ4n) is 1.01. The van der Waals surface area contributed by atoms with Crippen LogP contribution in [-0.4, -0.2) is 29.8 Å². The van der Waals surface area contributed by atoms with E-state index in [-0.39, 0.29) is 0 Å². The van der Waals surface area contributed by atoms with Gasteiger partial charge in [0.15, 0.2) is 0 Å². The van der Waals surface area contributed by atoms with Crippen molar-refractivity contribution in [2.45, 2.75) is 4.90 Å². The molecule has 0 atom stereocenters. The maximum atomic E-state index is 10.6. The summed E-state index contributed by atoms with van der Waals surface area (Å²) in [5.41, 5.74) is 0.354. The van der Waals surface area contributed by atoms with Crippen molar-refractivity contribution in [3.05, 3.63) is 29.8 Å². The van der Waals surface area contributed by atoms with Crippen LogP contribution in [0.15, 0.2) is 29.2 Å². The first kappa shape index (κ1) is 10.1. The fraction of sp³-hybridized carbons (Fsp3) is 0.300. The lowest BCUT2D eigenvalue weighted by atomic mass is 10.2. The van der Waals surface area contributed by atoms with Gasteiger partial charge in [0.05, 0.1) is 5.56 Å². The summed E-state index contributed by atoms with van der Waals surface area (Å²) in [5, 5.41) is 8.69. The van der Waals surface area contributed by atoms with Gasteiger partial charge in [0, 0.05) is 0 Å². The Hall–Kier alpha value is -0.960. The van der Waals surface area contributed by atoms with Crippen LogP contribution in [0.3, 0.4) is 0 Å². The minimum absolute atomic E-state index is 0.354. The van der Waals surface area contributed by atoms with Crippen LogP contribution in [0.2, 0.25) is 0 Å². The molecule has 0 aliphatic rings. The summed E-state index contributed by atoms with van der Waals surface area (Å²) < 4.78 is 0. The monoisotopic (exact) mass is 198 g/mol. The highest BCUT2D eigenvalue weighted by molar-refractivity contribution is 8.32. The minimum atomic E-state index is -0.865. The average molecular weight is 198 g/mol. The molecular formula is C10H14O2S. The van der Waals surface area contributed by atoms with E-state index in [2.05, 4.69) is 18.8 Å². The third-order valence-electron chi connectivity index (χ3n) is 1.81. The molecule has 0 aliphatic carbocycles. The van der Waals surface area contributed by atoms with Crippen molar-refractivity contribution in [1.29, 1.82) is 0 Å². The summed E-state index contributed by atoms with van der Waals surface area (Å²) in [6.45, 7) is 0. The Morgan fingerprint density at radius 1 is 1.15 bits per heavy atom. The highest BCUT2D eigenvalue weighted by Crippen LogP contribution is 2.44. The van der Waals surface area contributed by atoms with E-state index in [4.69, 9.17) is 5.11 Å². The number of benzene rings is 1. The maximum Gasteiger partial charge on any atom is 0.335 e. The predicted octanol–water partition coefficient (Wildman–Crippen LogP) is 2.44. The summed E-state index contributed by atoms with van der Waals surface area (Å²) in [7, 11) is -0.738. The van der Waals surface area contributed by atoms with Crippen LogP contribution in [0.4, 0.5) is 0 Å². The lowest BCUT2D eigenvalue weighted by Crippen LogP contribution is -1.97. The summed E-state index contributed by atoms with van der Waals surface area (Å²) in [5.74, 6) is -0.865. The zero-order chi connectivity index (χ0) is 10.1. The molecule has 0 spiro atoms. The molecule has 13 heavy (non-hydrogen) atoms. The Morgan fingerprint density at radius 3 is 1.92 bits per heavy atom. The Kier molecular flexibility index (Phi) is 2.66. The van der Waals surface area contributed by atoms with Gasteiger partial charge in [0.2, 0.25) is 0 Å². The molecule has 1 aromatic carbocycles. The number of carbonyl (C=O) groups is 1. The Morgan fingerprint density at radius 2 is 1.62 bits per heavy atom. The second-order valence-electron chi connectivity index (χ2n) is 3.67. The lowest BCUT2D eigenvalue weighted by molar-refractivity contribution is 0.0697. The molecule has 0 aliphatic heterocycles. The van der Waals surface area contributed by atoms with E-state index in [0.717, 1.165) is 0 Å². The molecule has 0 aromatic heterocycles. The zero-order valence-electron chi connectivity index (χ0n) is 8.07. The van der Waals surface area contributed by atoms with Gasteiger partial charge in [-0.2, -0.15) is 0 Å². The molecule has 3 heteroatoms. The second kappa shape index (κ2) is 3.42. The predicted molar refractivity (Wildman–Crippen MR) is 57.0 cm³/mol. The SMILES string of the molecule is CS(C)(C)c1ccc(C(=O)O)cc1. The van der Waals surface area contributed by atoms with Crippen LogP contribution in [0, 0.1) is 0 Å². The van der Waals surface area contributed by atoms with Crippen LogP contribution in [0.1, 0.15) is 10.4 Å². The van der Waals surface area contributed by atoms with E-state index in [1.807, 2.05) is 12.1 Å². The molecule has 0 fully saturated rings. The first-order chi connectivity index (χ1) is 5.91. The summed E-state index contributed by atoms with van der Waals surface area (Å²) in [6, 6.07) is 7.13. The van der Waals surface area contributed by atoms with Gasteiger partial charge in [-0.25, -0.2) is 14.8 Å². The Bertz CT molecular complexity index is 309. The van der Waals surface area contributed by atoms with Crippen molar-refractivity contribution in [1.82, 2.24) is 0 Å². The van der Waals surface area contributed by atoms with Crippen molar-refractivity contribution in [2.24, 2.45) is 0 Å². The molecule has 0 radical (unpaired) electrons. The second-order valence-corrected chi connectivity index (χ2v) is 7.81. The normalized spacial score (nSPS) is 12.5. The lowest BCUT2D eigenvalue weighted by Gasteiger charge is -2.25. The van der Waals surface area contributed by atoms with Crippen molar-refractivity contribution in [3.8, 4) is 0 Å². The van der Waals surface area contributed by atoms with Gasteiger partial charge in [0.25, 0.3) is 0 Å². The molecule has 72 valence electrons. The molecular weight excluding hydrogens is 184 g/mol. The quantitative estimate of drug-likeness (QED) is 0.792. The molecule has 1 aromatic rings. The molecule has 0 saturated carbocycles. The van der Waals surface area contributed by atoms with Crippen molar-refractivity contribution in [3.63, 3.8) is 0 Å². The number of carboxylic acids is 1. The highest BCUT2D eigenvalue weighted by atomic mass is 32.3. The number of hydrogen-bond acceptors (Lipinski definition) is 1. The van der Waals surface area contributed by atoms with E-state index >= 15 is 0 Å². The third-order valence-corrected chi connectivity index (χ3v) is 3.49. The summed E-state index contributed by atoms with van der Waals surface area (Å²) in [6.07, 6.45) is 6.55. The van der Waals surface area contributed by atoms with Crippen LogP contribution >= 0.6 is 10.0 Å². The van der Waals surface area contributed by atoms with E-state index < -0.39 is 16.0 Å². The molecule has 0 heterocycles. The van der Waals surface area contributed by atoms with Crippen LogP contribution in [0.25, 0.3) is 0 Å². The maximum absolute atomic E-state index is 10.6. The minimum Gasteiger partial charge on any atom is -0.478 e. The van der Waals surface area contributed by atoms with Crippen LogP contribution in [0.5, 0.6) is 0 Å². The number of hydrogen-bond donors (Lipinski definition) is 1. The van der Waals surface area contributed by atoms with Gasteiger partial charge < -0.3 is 5.11 Å². The van der Waals surface area contributed by atoms with E-state index in [1.165, 1.54) is 4.90 Å². The van der Waals surface area contributed by atoms with Gasteiger partial charge in [-0.15, -0.1) is 0 Å². The Balaban J connectivity index is 3.01. The summed E-state index contributed by atoms with van der Waals surface area (Å²) >= 11 is 0. The van der Waals surface area contributed by atoms with Crippen LogP contribution in [-0.2, 0) is 0 Å². The van der Waals surface area contributed by atoms with Crippen molar-refractivity contribution < 1.29 is 9.90 Å². The standard InChI is InChI=1S/C10H14O2S/c1-13(2,3)9-6-4-8(5-7-9)10(11)12/h4-7H,1-3H3,(H,11,12). The van der Waals surface area contributed by atoms with E-state index in [1.54, 1.807) is 12.1 Å². The van der Waals surface area contributed by atoms with Gasteiger partial charge in [0.1, 0.15) is 0 Å². The fourth-order valence-corrected chi connectivity index (χ4v) is 1.96. The topological polar surface area (TPSA) is 37.3 Å². The molecule has 0 unspecified atom stereocenters. The van der Waals surface area contributed by atoms with E-state index in [0.29, 0.717) is 5.56 Å². The molecule has 1 rings (SSSR count). The van der Waals surface area contributed by atoms with Gasteiger partial charge in [-0.3, -0.25) is 0 Å². The van der Waals surface area contributed by atoms with Gasteiger partial charge in [-0.1, -0.05) is 0 Å².